The van der Waals surface area contributed by atoms with Gasteiger partial charge in [-0.1, -0.05) is 25.0 Å². The van der Waals surface area contributed by atoms with Gasteiger partial charge in [0.1, 0.15) is 11.9 Å². The molecule has 1 heterocycles. The van der Waals surface area contributed by atoms with Crippen LogP contribution in [0.2, 0.25) is 0 Å². The summed E-state index contributed by atoms with van der Waals surface area (Å²) in [5, 5.41) is 12.3. The van der Waals surface area contributed by atoms with Crippen LogP contribution >= 0.6 is 0 Å². The van der Waals surface area contributed by atoms with E-state index in [1.165, 1.54) is 12.1 Å². The van der Waals surface area contributed by atoms with E-state index in [2.05, 4.69) is 5.32 Å². The maximum atomic E-state index is 12.9. The fourth-order valence-corrected chi connectivity index (χ4v) is 4.05. The first kappa shape index (κ1) is 16.9. The Balaban J connectivity index is 1.59. The zero-order chi connectivity index (χ0) is 17.1. The van der Waals surface area contributed by atoms with E-state index in [1.807, 2.05) is 4.90 Å². The van der Waals surface area contributed by atoms with Crippen molar-refractivity contribution in [1.29, 1.82) is 0 Å². The van der Waals surface area contributed by atoms with Gasteiger partial charge < -0.3 is 10.4 Å². The van der Waals surface area contributed by atoms with E-state index in [0.29, 0.717) is 18.9 Å². The number of amides is 1. The van der Waals surface area contributed by atoms with Crippen LogP contribution in [0.1, 0.15) is 37.7 Å². The average Bonchev–Trinajstić information content (AvgIpc) is 2.93. The predicted molar refractivity (Wildman–Crippen MR) is 86.7 cm³/mol. The van der Waals surface area contributed by atoms with Crippen molar-refractivity contribution in [2.75, 3.05) is 6.54 Å². The fourth-order valence-electron chi connectivity index (χ4n) is 4.05. The van der Waals surface area contributed by atoms with E-state index < -0.39 is 12.0 Å². The zero-order valence-corrected chi connectivity index (χ0v) is 13.6. The minimum atomic E-state index is -0.837. The molecule has 3 rings (SSSR count). The van der Waals surface area contributed by atoms with Crippen LogP contribution in [-0.2, 0) is 16.1 Å². The smallest absolute Gasteiger partial charge is 0.320 e. The van der Waals surface area contributed by atoms with E-state index in [0.717, 1.165) is 31.2 Å². The Morgan fingerprint density at radius 1 is 1.21 bits per heavy atom. The highest BCUT2D eigenvalue weighted by molar-refractivity contribution is 5.80. The van der Waals surface area contributed by atoms with Gasteiger partial charge in [0.2, 0.25) is 5.91 Å². The number of aliphatic carboxylic acids is 1. The molecular weight excluding hydrogens is 311 g/mol. The summed E-state index contributed by atoms with van der Waals surface area (Å²) in [7, 11) is 0. The van der Waals surface area contributed by atoms with Gasteiger partial charge in [0, 0.05) is 12.6 Å². The Morgan fingerprint density at radius 2 is 1.92 bits per heavy atom. The van der Waals surface area contributed by atoms with Gasteiger partial charge in [-0.3, -0.25) is 14.5 Å². The van der Waals surface area contributed by atoms with Crippen LogP contribution in [0, 0.1) is 11.7 Å². The molecule has 2 aliphatic rings. The summed E-state index contributed by atoms with van der Waals surface area (Å²) in [5.41, 5.74) is 0.816. The Labute approximate surface area is 140 Å². The Bertz CT molecular complexity index is 605. The van der Waals surface area contributed by atoms with Gasteiger partial charge >= 0.3 is 5.97 Å². The molecule has 24 heavy (non-hydrogen) atoms. The molecule has 130 valence electrons. The van der Waals surface area contributed by atoms with Crippen molar-refractivity contribution in [3.05, 3.63) is 35.6 Å². The number of carbonyl (C=O) groups excluding carboxylic acids is 1. The lowest BCUT2D eigenvalue weighted by Crippen LogP contribution is -2.47. The second-order valence-electron chi connectivity index (χ2n) is 6.78. The number of nitrogens with zero attached hydrogens (tertiary/aromatic N) is 1. The number of rotatable bonds is 5. The van der Waals surface area contributed by atoms with Crippen molar-refractivity contribution < 1.29 is 19.1 Å². The Kier molecular flexibility index (Phi) is 5.14. The monoisotopic (exact) mass is 334 g/mol. The SMILES string of the molecule is O=C(CN1C(C(=O)O)CC2CCCCC21)NCc1ccc(F)cc1. The number of hydrogen-bond acceptors (Lipinski definition) is 3. The maximum absolute atomic E-state index is 12.9. The molecule has 0 bridgehead atoms. The van der Waals surface area contributed by atoms with Crippen LogP contribution in [-0.4, -0.2) is 40.5 Å². The van der Waals surface area contributed by atoms with E-state index in [1.54, 1.807) is 12.1 Å². The molecule has 1 aliphatic heterocycles. The molecule has 0 aromatic heterocycles. The van der Waals surface area contributed by atoms with Gasteiger partial charge in [0.25, 0.3) is 0 Å². The normalized spacial score (nSPS) is 26.8. The summed E-state index contributed by atoms with van der Waals surface area (Å²) in [6, 6.07) is 5.61. The summed E-state index contributed by atoms with van der Waals surface area (Å²) in [6.07, 6.45) is 4.92. The first-order chi connectivity index (χ1) is 11.5. The van der Waals surface area contributed by atoms with E-state index >= 15 is 0 Å². The van der Waals surface area contributed by atoms with Crippen molar-refractivity contribution in [2.45, 2.75) is 50.7 Å². The lowest BCUT2D eigenvalue weighted by atomic mass is 9.85. The molecule has 1 saturated carbocycles. The number of likely N-dealkylation sites (tertiary alicyclic amines) is 1. The fraction of sp³-hybridized carbons (Fsp3) is 0.556. The number of carboxylic acid groups (broad SMARTS) is 1. The molecule has 1 saturated heterocycles. The van der Waals surface area contributed by atoms with E-state index in [9.17, 15) is 19.1 Å². The quantitative estimate of drug-likeness (QED) is 0.866. The molecule has 2 N–H and O–H groups in total. The van der Waals surface area contributed by atoms with Gasteiger partial charge in [0.15, 0.2) is 0 Å². The molecule has 3 unspecified atom stereocenters. The largest absolute Gasteiger partial charge is 0.480 e. The first-order valence-electron chi connectivity index (χ1n) is 8.54. The third-order valence-electron chi connectivity index (χ3n) is 5.24. The lowest BCUT2D eigenvalue weighted by Gasteiger charge is -2.32. The molecule has 0 spiro atoms. The highest BCUT2D eigenvalue weighted by atomic mass is 19.1. The standard InChI is InChI=1S/C18H23FN2O3/c19-14-7-5-12(6-8-14)10-20-17(22)11-21-15-4-2-1-3-13(15)9-16(21)18(23)24/h5-8,13,15-16H,1-4,9-11H2,(H,20,22)(H,23,24). The highest BCUT2D eigenvalue weighted by Crippen LogP contribution is 2.39. The van der Waals surface area contributed by atoms with Gasteiger partial charge in [-0.2, -0.15) is 0 Å². The van der Waals surface area contributed by atoms with Crippen LogP contribution in [0.4, 0.5) is 4.39 Å². The molecule has 0 radical (unpaired) electrons. The van der Waals surface area contributed by atoms with Gasteiger partial charge in [-0.25, -0.2) is 4.39 Å². The number of carbonyl (C=O) groups is 2. The first-order valence-corrected chi connectivity index (χ1v) is 8.54. The van der Waals surface area contributed by atoms with Crippen molar-refractivity contribution >= 4 is 11.9 Å². The number of hydrogen-bond donors (Lipinski definition) is 2. The number of benzene rings is 1. The van der Waals surface area contributed by atoms with Crippen molar-refractivity contribution in [2.24, 2.45) is 5.92 Å². The molecule has 2 fully saturated rings. The average molecular weight is 334 g/mol. The van der Waals surface area contributed by atoms with Crippen LogP contribution in [0.25, 0.3) is 0 Å². The number of nitrogens with one attached hydrogen (secondary N) is 1. The third kappa shape index (κ3) is 3.75. The molecule has 1 aliphatic carbocycles. The van der Waals surface area contributed by atoms with Gasteiger partial charge in [0.05, 0.1) is 6.54 Å². The zero-order valence-electron chi connectivity index (χ0n) is 13.6. The summed E-state index contributed by atoms with van der Waals surface area (Å²) in [6.45, 7) is 0.429. The maximum Gasteiger partial charge on any atom is 0.320 e. The molecule has 1 amide bonds. The molecule has 3 atom stereocenters. The van der Waals surface area contributed by atoms with Crippen molar-refractivity contribution in [3.63, 3.8) is 0 Å². The van der Waals surface area contributed by atoms with E-state index in [4.69, 9.17) is 0 Å². The summed E-state index contributed by atoms with van der Waals surface area (Å²) < 4.78 is 12.9. The van der Waals surface area contributed by atoms with Crippen LogP contribution in [0.3, 0.4) is 0 Å². The predicted octanol–water partition coefficient (Wildman–Crippen LogP) is 2.16. The van der Waals surface area contributed by atoms with Crippen LogP contribution in [0.5, 0.6) is 0 Å². The summed E-state index contributed by atoms with van der Waals surface area (Å²) in [4.78, 5) is 25.7. The molecule has 5 nitrogen and oxygen atoms in total. The lowest BCUT2D eigenvalue weighted by molar-refractivity contribution is -0.143. The number of fused-ring (bicyclic) bond motifs is 1. The van der Waals surface area contributed by atoms with Crippen LogP contribution in [0.15, 0.2) is 24.3 Å². The highest BCUT2D eigenvalue weighted by Gasteiger charge is 2.45. The third-order valence-corrected chi connectivity index (χ3v) is 5.24. The summed E-state index contributed by atoms with van der Waals surface area (Å²) in [5.74, 6) is -0.938. The number of halogens is 1. The second kappa shape index (κ2) is 7.30. The molecular formula is C18H23FN2O3. The molecule has 1 aromatic rings. The Hall–Kier alpha value is -1.95. The van der Waals surface area contributed by atoms with Crippen LogP contribution < -0.4 is 5.32 Å². The minimum Gasteiger partial charge on any atom is -0.480 e. The number of carboxylic acids is 1. The van der Waals surface area contributed by atoms with Crippen molar-refractivity contribution in [3.8, 4) is 0 Å². The Morgan fingerprint density at radius 3 is 2.62 bits per heavy atom. The minimum absolute atomic E-state index is 0.110. The second-order valence-corrected chi connectivity index (χ2v) is 6.78. The topological polar surface area (TPSA) is 69.6 Å². The van der Waals surface area contributed by atoms with Gasteiger partial charge in [-0.15, -0.1) is 0 Å². The van der Waals surface area contributed by atoms with Gasteiger partial charge in [-0.05, 0) is 42.9 Å². The summed E-state index contributed by atoms with van der Waals surface area (Å²) >= 11 is 0. The van der Waals surface area contributed by atoms with E-state index in [-0.39, 0.29) is 24.3 Å². The molecule has 1 aromatic carbocycles. The molecule has 6 heteroatoms. The van der Waals surface area contributed by atoms with Crippen molar-refractivity contribution in [1.82, 2.24) is 10.2 Å².